The van der Waals surface area contributed by atoms with Gasteiger partial charge in [0.15, 0.2) is 0 Å². The highest BCUT2D eigenvalue weighted by atomic mass is 14.6. The molecule has 0 amide bonds. The van der Waals surface area contributed by atoms with Crippen molar-refractivity contribution < 1.29 is 0 Å². The second kappa shape index (κ2) is 14.9. The van der Waals surface area contributed by atoms with E-state index < -0.39 is 0 Å². The summed E-state index contributed by atoms with van der Waals surface area (Å²) in [6.45, 7) is 4.18. The monoisotopic (exact) mass is 740 g/mol. The number of pyridine rings is 2. The van der Waals surface area contributed by atoms with Gasteiger partial charge < -0.3 is 0 Å². The molecule has 0 saturated carbocycles. The number of hydrogen-bond acceptors (Lipinski definition) is 2. The van der Waals surface area contributed by atoms with Gasteiger partial charge in [0.2, 0.25) is 0 Å². The normalized spacial score (nSPS) is 11.3. The minimum atomic E-state index is 1.12. The zero-order valence-corrected chi connectivity index (χ0v) is 32.5. The predicted molar refractivity (Wildman–Crippen MR) is 245 cm³/mol. The van der Waals surface area contributed by atoms with Crippen molar-refractivity contribution in [2.24, 2.45) is 0 Å². The lowest BCUT2D eigenvalue weighted by molar-refractivity contribution is 1.27. The minimum Gasteiger partial charge on any atom is -0.264 e. The molecule has 2 heterocycles. The summed E-state index contributed by atoms with van der Waals surface area (Å²) in [6.07, 6.45) is 7.70. The third-order valence-corrected chi connectivity index (χ3v) is 11.3. The second-order valence-electron chi connectivity index (χ2n) is 15.2. The Morgan fingerprint density at radius 3 is 1.07 bits per heavy atom. The molecule has 0 aliphatic carbocycles. The Morgan fingerprint density at radius 2 is 0.603 bits per heavy atom. The van der Waals surface area contributed by atoms with Gasteiger partial charge in [-0.15, -0.1) is 0 Å². The van der Waals surface area contributed by atoms with Gasteiger partial charge in [0.05, 0.1) is 0 Å². The lowest BCUT2D eigenvalue weighted by atomic mass is 9.84. The Morgan fingerprint density at radius 1 is 0.241 bits per heavy atom. The molecule has 0 radical (unpaired) electrons. The number of hydrogen-bond donors (Lipinski definition) is 0. The highest BCUT2D eigenvalue weighted by Gasteiger charge is 2.19. The zero-order chi connectivity index (χ0) is 39.0. The topological polar surface area (TPSA) is 25.8 Å². The van der Waals surface area contributed by atoms with Crippen LogP contribution in [0.25, 0.3) is 99.4 Å². The van der Waals surface area contributed by atoms with Crippen LogP contribution in [0.3, 0.4) is 0 Å². The van der Waals surface area contributed by atoms with Crippen LogP contribution < -0.4 is 0 Å². The maximum atomic E-state index is 4.47. The van der Waals surface area contributed by atoms with Gasteiger partial charge in [-0.2, -0.15) is 0 Å². The molecule has 274 valence electrons. The van der Waals surface area contributed by atoms with Gasteiger partial charge in [-0.05, 0) is 150 Å². The molecule has 8 aromatic carbocycles. The minimum absolute atomic E-state index is 1.12. The first-order valence-corrected chi connectivity index (χ1v) is 19.9. The Bertz CT molecular complexity index is 3030. The van der Waals surface area contributed by atoms with Crippen molar-refractivity contribution in [3.63, 3.8) is 0 Å². The number of benzene rings is 8. The average Bonchev–Trinajstić information content (AvgIpc) is 3.28. The van der Waals surface area contributed by atoms with Crippen LogP contribution in [0, 0.1) is 13.8 Å². The average molecular weight is 741 g/mol. The van der Waals surface area contributed by atoms with Gasteiger partial charge in [0.25, 0.3) is 0 Å². The molecule has 0 saturated heterocycles. The SMILES string of the molecule is Cc1cncc(-c2ccc(-c3c4ccccc4c(-c4ccc(-c5cncc(C)c5)cc4)c4cc(-c5cc(-c6ccccc6)cc(-c6ccccc6)c5)ccc34)cc2)c1. The van der Waals surface area contributed by atoms with E-state index in [0.717, 1.165) is 33.4 Å². The molecule has 0 spiro atoms. The smallest absolute Gasteiger partial charge is 0.0346 e. The first-order valence-electron chi connectivity index (χ1n) is 19.9. The quantitative estimate of drug-likeness (QED) is 0.152. The van der Waals surface area contributed by atoms with Crippen LogP contribution in [0.4, 0.5) is 0 Å². The fourth-order valence-corrected chi connectivity index (χ4v) is 8.45. The highest BCUT2D eigenvalue weighted by molar-refractivity contribution is 6.22. The molecule has 0 aliphatic heterocycles. The van der Waals surface area contributed by atoms with Gasteiger partial charge in [-0.3, -0.25) is 9.97 Å². The first-order chi connectivity index (χ1) is 28.6. The van der Waals surface area contributed by atoms with Crippen LogP contribution in [0.2, 0.25) is 0 Å². The van der Waals surface area contributed by atoms with Gasteiger partial charge in [0.1, 0.15) is 0 Å². The third kappa shape index (κ3) is 6.65. The first kappa shape index (κ1) is 35.0. The van der Waals surface area contributed by atoms with E-state index in [2.05, 4.69) is 206 Å². The van der Waals surface area contributed by atoms with Crippen LogP contribution in [0.5, 0.6) is 0 Å². The number of aryl methyl sites for hydroxylation is 2. The summed E-state index contributed by atoms with van der Waals surface area (Å²) in [7, 11) is 0. The van der Waals surface area contributed by atoms with E-state index in [1.54, 1.807) is 0 Å². The van der Waals surface area contributed by atoms with Crippen molar-refractivity contribution in [3.8, 4) is 77.9 Å². The molecule has 58 heavy (non-hydrogen) atoms. The fraction of sp³-hybridized carbons (Fsp3) is 0.0357. The lowest BCUT2D eigenvalue weighted by Gasteiger charge is -2.19. The Balaban J connectivity index is 1.21. The largest absolute Gasteiger partial charge is 0.264 e. The van der Waals surface area contributed by atoms with E-state index in [0.29, 0.717) is 0 Å². The zero-order valence-electron chi connectivity index (χ0n) is 32.5. The molecule has 0 atom stereocenters. The van der Waals surface area contributed by atoms with E-state index in [1.807, 2.05) is 24.8 Å². The van der Waals surface area contributed by atoms with Crippen LogP contribution >= 0.6 is 0 Å². The Labute approximate surface area is 339 Å². The fourth-order valence-electron chi connectivity index (χ4n) is 8.45. The summed E-state index contributed by atoms with van der Waals surface area (Å²) < 4.78 is 0. The van der Waals surface area contributed by atoms with E-state index in [4.69, 9.17) is 0 Å². The van der Waals surface area contributed by atoms with Crippen molar-refractivity contribution in [1.82, 2.24) is 9.97 Å². The van der Waals surface area contributed by atoms with E-state index in [1.165, 1.54) is 77.2 Å². The molecule has 10 aromatic rings. The summed E-state index contributed by atoms with van der Waals surface area (Å²) in [5, 5.41) is 4.89. The summed E-state index contributed by atoms with van der Waals surface area (Å²) in [5.74, 6) is 0. The van der Waals surface area contributed by atoms with Crippen molar-refractivity contribution in [1.29, 1.82) is 0 Å². The lowest BCUT2D eigenvalue weighted by Crippen LogP contribution is -1.93. The van der Waals surface area contributed by atoms with Gasteiger partial charge >= 0.3 is 0 Å². The molecular weight excluding hydrogens is 701 g/mol. The molecule has 0 N–H and O–H groups in total. The molecular formula is C56H40N2. The van der Waals surface area contributed by atoms with Crippen LogP contribution in [0.15, 0.2) is 207 Å². The number of fused-ring (bicyclic) bond motifs is 2. The molecule has 2 heteroatoms. The molecule has 0 unspecified atom stereocenters. The Kier molecular flexibility index (Phi) is 9.01. The molecule has 2 nitrogen and oxygen atoms in total. The maximum Gasteiger partial charge on any atom is 0.0346 e. The Hall–Kier alpha value is -7.42. The van der Waals surface area contributed by atoms with Crippen molar-refractivity contribution >= 4 is 21.5 Å². The van der Waals surface area contributed by atoms with Crippen molar-refractivity contribution in [3.05, 3.63) is 218 Å². The molecule has 0 fully saturated rings. The molecule has 0 aliphatic rings. The van der Waals surface area contributed by atoms with Crippen LogP contribution in [-0.2, 0) is 0 Å². The number of rotatable bonds is 7. The van der Waals surface area contributed by atoms with Crippen LogP contribution in [-0.4, -0.2) is 9.97 Å². The summed E-state index contributed by atoms with van der Waals surface area (Å²) >= 11 is 0. The molecule has 2 aromatic heterocycles. The second-order valence-corrected chi connectivity index (χ2v) is 15.2. The number of nitrogens with zero attached hydrogens (tertiary/aromatic N) is 2. The van der Waals surface area contributed by atoms with Gasteiger partial charge in [0, 0.05) is 35.9 Å². The van der Waals surface area contributed by atoms with Gasteiger partial charge in [-0.25, -0.2) is 0 Å². The van der Waals surface area contributed by atoms with E-state index in [-0.39, 0.29) is 0 Å². The van der Waals surface area contributed by atoms with E-state index in [9.17, 15) is 0 Å². The van der Waals surface area contributed by atoms with Crippen LogP contribution in [0.1, 0.15) is 11.1 Å². The number of aromatic nitrogens is 2. The molecule has 10 rings (SSSR count). The molecule has 0 bridgehead atoms. The van der Waals surface area contributed by atoms with E-state index >= 15 is 0 Å². The predicted octanol–water partition coefficient (Wildman–Crippen LogP) is 15.1. The van der Waals surface area contributed by atoms with Crippen molar-refractivity contribution in [2.75, 3.05) is 0 Å². The summed E-state index contributed by atoms with van der Waals surface area (Å²) in [6, 6.07) is 66.8. The van der Waals surface area contributed by atoms with Gasteiger partial charge in [-0.1, -0.05) is 146 Å². The highest BCUT2D eigenvalue weighted by Crippen LogP contribution is 2.46. The standard InChI is InChI=1S/C56H40N2/c1-37-27-49(35-57-33-37)41-17-21-43(22-18-41)55-51-15-9-10-16-52(51)56(44-23-19-42(20-24-44)50-28-38(2)34-58-36-50)54-32-45(25-26-53(54)55)48-30-46(39-11-5-3-6-12-39)29-47(31-48)40-13-7-4-8-14-40/h3-36H,1-2H3. The van der Waals surface area contributed by atoms with Crippen molar-refractivity contribution in [2.45, 2.75) is 13.8 Å². The summed E-state index contributed by atoms with van der Waals surface area (Å²) in [5.41, 5.74) is 18.8. The maximum absolute atomic E-state index is 4.47. The third-order valence-electron chi connectivity index (χ3n) is 11.3. The summed E-state index contributed by atoms with van der Waals surface area (Å²) in [4.78, 5) is 8.94.